The third-order valence-electron chi connectivity index (χ3n) is 12.6. The molecule has 0 unspecified atom stereocenters. The molecular weight excluding hydrogens is 735 g/mol. The van der Waals surface area contributed by atoms with Crippen molar-refractivity contribution in [3.05, 3.63) is 35.9 Å². The molecule has 11 nitrogen and oxygen atoms in total. The minimum Gasteiger partial charge on any atom is -0.460 e. The lowest BCUT2D eigenvalue weighted by Crippen LogP contribution is -2.55. The molecule has 58 heavy (non-hydrogen) atoms. The zero-order valence-corrected chi connectivity index (χ0v) is 37.9. The van der Waals surface area contributed by atoms with Gasteiger partial charge in [-0.3, -0.25) is 24.0 Å². The van der Waals surface area contributed by atoms with Crippen LogP contribution in [-0.4, -0.2) is 110 Å². The van der Waals surface area contributed by atoms with E-state index in [4.69, 9.17) is 14.2 Å². The second kappa shape index (κ2) is 23.0. The molecule has 1 aliphatic heterocycles. The summed E-state index contributed by atoms with van der Waals surface area (Å²) in [5, 5.41) is 3.14. The number of hydrogen-bond acceptors (Lipinski definition) is 9. The van der Waals surface area contributed by atoms with E-state index in [1.807, 2.05) is 97.7 Å². The number of ether oxygens (including phenoxy) is 3. The highest BCUT2D eigenvalue weighted by atomic mass is 16.6. The van der Waals surface area contributed by atoms with Crippen LogP contribution in [0.15, 0.2) is 30.3 Å². The molecule has 2 fully saturated rings. The number of nitrogens with one attached hydrogen (secondary N) is 1. The Bertz CT molecular complexity index is 1470. The molecule has 2 amide bonds. The maximum Gasteiger partial charge on any atom is 0.310 e. The van der Waals surface area contributed by atoms with Crippen molar-refractivity contribution in [2.24, 2.45) is 35.5 Å². The van der Waals surface area contributed by atoms with Crippen LogP contribution in [0.5, 0.6) is 0 Å². The smallest absolute Gasteiger partial charge is 0.310 e. The zero-order valence-electron chi connectivity index (χ0n) is 37.9. The van der Waals surface area contributed by atoms with Gasteiger partial charge in [0.25, 0.3) is 0 Å². The van der Waals surface area contributed by atoms with E-state index in [9.17, 15) is 24.0 Å². The fourth-order valence-corrected chi connectivity index (χ4v) is 9.48. The van der Waals surface area contributed by atoms with Crippen LogP contribution in [0, 0.1) is 35.5 Å². The van der Waals surface area contributed by atoms with Gasteiger partial charge in [0.05, 0.1) is 42.7 Å². The van der Waals surface area contributed by atoms with Crippen molar-refractivity contribution in [1.82, 2.24) is 15.1 Å². The van der Waals surface area contributed by atoms with E-state index in [0.29, 0.717) is 19.4 Å². The molecule has 0 spiro atoms. The number of Topliss-reactive ketones (excluding diaryl/α,β-unsaturated/α-hetero) is 2. The second-order valence-electron chi connectivity index (χ2n) is 18.7. The minimum absolute atomic E-state index is 0.00324. The van der Waals surface area contributed by atoms with Gasteiger partial charge in [0.15, 0.2) is 5.78 Å². The molecule has 2 aliphatic rings. The molecule has 1 aliphatic carbocycles. The predicted octanol–water partition coefficient (Wildman–Crippen LogP) is 7.08. The summed E-state index contributed by atoms with van der Waals surface area (Å²) in [4.78, 5) is 73.5. The van der Waals surface area contributed by atoms with E-state index in [1.165, 1.54) is 0 Å². The molecule has 1 saturated heterocycles. The number of esters is 1. The Hall–Kier alpha value is -3.15. The normalized spacial score (nSPS) is 20.2. The standard InChI is InChI=1S/C47H77N3O8/c1-30(2)36(28-39(52)42(48-9)31(3)4)45(54)49(10)43(34-22-17-14-18-23-34)40(56-11)29-41(53)50-25-19-24-37(50)44(57-12)32(5)38(51)27-35(46(55)58-47(6,7)8)26-33-20-15-13-16-21-33/h13,15-16,20-21,30-32,34-37,40,42-44,48H,14,17-19,22-29H2,1-12H3/t32-,35+,36-,37-,40+,42-,43-,44+/m0/s1. The molecule has 0 radical (unpaired) electrons. The van der Waals surface area contributed by atoms with Crippen molar-refractivity contribution >= 4 is 29.4 Å². The van der Waals surface area contributed by atoms with Crippen molar-refractivity contribution in [3.63, 3.8) is 0 Å². The molecule has 1 heterocycles. The van der Waals surface area contributed by atoms with Crippen LogP contribution in [0.25, 0.3) is 0 Å². The maximum atomic E-state index is 14.5. The fourth-order valence-electron chi connectivity index (χ4n) is 9.48. The quantitative estimate of drug-likeness (QED) is 0.122. The van der Waals surface area contributed by atoms with E-state index in [0.717, 1.165) is 44.1 Å². The van der Waals surface area contributed by atoms with E-state index in [2.05, 4.69) is 5.32 Å². The fraction of sp³-hybridized carbons (Fsp3) is 0.766. The summed E-state index contributed by atoms with van der Waals surface area (Å²) in [6, 6.07) is 8.62. The lowest BCUT2D eigenvalue weighted by Gasteiger charge is -2.43. The van der Waals surface area contributed by atoms with Crippen molar-refractivity contribution in [2.75, 3.05) is 34.9 Å². The van der Waals surface area contributed by atoms with Crippen molar-refractivity contribution < 1.29 is 38.2 Å². The Labute approximate surface area is 350 Å². The average molecular weight is 812 g/mol. The molecule has 3 rings (SSSR count). The topological polar surface area (TPSA) is 132 Å². The van der Waals surface area contributed by atoms with Gasteiger partial charge in [0.1, 0.15) is 11.4 Å². The van der Waals surface area contributed by atoms with Gasteiger partial charge in [-0.05, 0) is 83.2 Å². The Morgan fingerprint density at radius 1 is 0.828 bits per heavy atom. The highest BCUT2D eigenvalue weighted by Gasteiger charge is 2.44. The summed E-state index contributed by atoms with van der Waals surface area (Å²) in [7, 11) is 6.81. The van der Waals surface area contributed by atoms with Crippen LogP contribution < -0.4 is 5.32 Å². The Morgan fingerprint density at radius 3 is 2.00 bits per heavy atom. The van der Waals surface area contributed by atoms with Crippen molar-refractivity contribution in [3.8, 4) is 0 Å². The van der Waals surface area contributed by atoms with Gasteiger partial charge in [-0.2, -0.15) is 0 Å². The number of carbonyl (C=O) groups excluding carboxylic acids is 5. The number of carbonyl (C=O) groups is 5. The van der Waals surface area contributed by atoms with Gasteiger partial charge >= 0.3 is 5.97 Å². The number of nitrogens with zero attached hydrogens (tertiary/aromatic N) is 2. The first-order valence-corrected chi connectivity index (χ1v) is 22.0. The van der Waals surface area contributed by atoms with Gasteiger partial charge in [-0.1, -0.05) is 84.2 Å². The van der Waals surface area contributed by atoms with Gasteiger partial charge in [-0.15, -0.1) is 0 Å². The second-order valence-corrected chi connectivity index (χ2v) is 18.7. The lowest BCUT2D eigenvalue weighted by atomic mass is 9.79. The third kappa shape index (κ3) is 13.7. The van der Waals surface area contributed by atoms with E-state index in [-0.39, 0.29) is 78.5 Å². The van der Waals surface area contributed by atoms with E-state index in [1.54, 1.807) is 26.2 Å². The van der Waals surface area contributed by atoms with Crippen LogP contribution >= 0.6 is 0 Å². The van der Waals surface area contributed by atoms with E-state index >= 15 is 0 Å². The summed E-state index contributed by atoms with van der Waals surface area (Å²) in [5.41, 5.74) is 0.250. The Kier molecular flexibility index (Phi) is 19.5. The molecule has 1 aromatic rings. The van der Waals surface area contributed by atoms with Crippen LogP contribution in [-0.2, 0) is 44.6 Å². The number of methoxy groups -OCH3 is 2. The van der Waals surface area contributed by atoms with Crippen molar-refractivity contribution in [2.45, 2.75) is 162 Å². The molecule has 1 aromatic carbocycles. The average Bonchev–Trinajstić information content (AvgIpc) is 3.66. The molecule has 328 valence electrons. The highest BCUT2D eigenvalue weighted by Crippen LogP contribution is 2.35. The number of likely N-dealkylation sites (tertiary alicyclic amines) is 1. The van der Waals surface area contributed by atoms with Crippen LogP contribution in [0.1, 0.15) is 125 Å². The monoisotopic (exact) mass is 812 g/mol. The van der Waals surface area contributed by atoms with Gasteiger partial charge in [-0.25, -0.2) is 0 Å². The summed E-state index contributed by atoms with van der Waals surface area (Å²) < 4.78 is 18.0. The Morgan fingerprint density at radius 2 is 1.47 bits per heavy atom. The number of benzene rings is 1. The van der Waals surface area contributed by atoms with Gasteiger partial charge in [0.2, 0.25) is 11.8 Å². The molecular formula is C47H77N3O8. The molecule has 11 heteroatoms. The van der Waals surface area contributed by atoms with Gasteiger partial charge < -0.3 is 29.3 Å². The summed E-state index contributed by atoms with van der Waals surface area (Å²) in [5.74, 6) is -2.24. The van der Waals surface area contributed by atoms with Crippen molar-refractivity contribution in [1.29, 1.82) is 0 Å². The SMILES string of the molecule is CN[C@H](C(=O)C[C@H](C(=O)N(C)[C@@H](C1CCCCC1)[C@@H](CC(=O)N1CCC[C@H]1[C@H](OC)[C@@H](C)C(=O)C[C@@H](Cc1ccccc1)C(=O)OC(C)(C)C)OC)C(C)C)C(C)C. The van der Waals surface area contributed by atoms with Crippen LogP contribution in [0.2, 0.25) is 0 Å². The number of hydrogen-bond donors (Lipinski definition) is 1. The number of amides is 2. The molecule has 0 aromatic heterocycles. The zero-order chi connectivity index (χ0) is 43.3. The predicted molar refractivity (Wildman–Crippen MR) is 228 cm³/mol. The first-order valence-electron chi connectivity index (χ1n) is 22.0. The minimum atomic E-state index is -0.697. The number of ketones is 2. The summed E-state index contributed by atoms with van der Waals surface area (Å²) in [6.07, 6.45) is 5.99. The Balaban J connectivity index is 1.83. The van der Waals surface area contributed by atoms with Crippen LogP contribution in [0.4, 0.5) is 0 Å². The first-order chi connectivity index (χ1) is 27.3. The third-order valence-corrected chi connectivity index (χ3v) is 12.6. The molecule has 0 bridgehead atoms. The summed E-state index contributed by atoms with van der Waals surface area (Å²) >= 11 is 0. The highest BCUT2D eigenvalue weighted by molar-refractivity contribution is 5.90. The molecule has 1 N–H and O–H groups in total. The maximum absolute atomic E-state index is 14.5. The number of likely N-dealkylation sites (N-methyl/N-ethyl adjacent to an activating group) is 2. The summed E-state index contributed by atoms with van der Waals surface area (Å²) in [6.45, 7) is 15.8. The van der Waals surface area contributed by atoms with Crippen LogP contribution in [0.3, 0.4) is 0 Å². The van der Waals surface area contributed by atoms with E-state index < -0.39 is 41.5 Å². The van der Waals surface area contributed by atoms with Gasteiger partial charge in [0, 0.05) is 52.5 Å². The number of rotatable bonds is 22. The lowest BCUT2D eigenvalue weighted by molar-refractivity contribution is -0.161. The molecule has 8 atom stereocenters. The molecule has 1 saturated carbocycles. The largest absolute Gasteiger partial charge is 0.460 e. The first kappa shape index (κ1) is 49.2.